The van der Waals surface area contributed by atoms with Crippen LogP contribution in [0.5, 0.6) is 0 Å². The van der Waals surface area contributed by atoms with Crippen LogP contribution in [-0.2, 0) is 0 Å². The van der Waals surface area contributed by atoms with Crippen LogP contribution in [0.3, 0.4) is 0 Å². The molecule has 4 rings (SSSR count). The maximum absolute atomic E-state index is 13.0. The van der Waals surface area contributed by atoms with Gasteiger partial charge in [0.2, 0.25) is 0 Å². The lowest BCUT2D eigenvalue weighted by molar-refractivity contribution is 0.0746. The van der Waals surface area contributed by atoms with Gasteiger partial charge in [-0.25, -0.2) is 15.0 Å². The zero-order valence-corrected chi connectivity index (χ0v) is 18.5. The molecule has 1 fully saturated rings. The molecule has 1 N–H and O–H groups in total. The number of hydrogen-bond donors (Lipinski definition) is 1. The minimum Gasteiger partial charge on any atom is -0.353 e. The van der Waals surface area contributed by atoms with Gasteiger partial charge in [0.1, 0.15) is 23.3 Å². The monoisotopic (exact) mass is 416 g/mol. The quantitative estimate of drug-likeness (QED) is 0.697. The highest BCUT2D eigenvalue weighted by Gasteiger charge is 2.23. The van der Waals surface area contributed by atoms with Gasteiger partial charge in [-0.3, -0.25) is 4.79 Å². The van der Waals surface area contributed by atoms with Crippen molar-refractivity contribution in [2.75, 3.05) is 36.4 Å². The average molecular weight is 417 g/mol. The predicted octanol–water partition coefficient (Wildman–Crippen LogP) is 3.81. The van der Waals surface area contributed by atoms with Crippen LogP contribution < -0.4 is 10.2 Å². The second-order valence-corrected chi connectivity index (χ2v) is 8.16. The van der Waals surface area contributed by atoms with Crippen LogP contribution in [0.15, 0.2) is 42.6 Å². The number of nitrogens with zero attached hydrogens (tertiary/aromatic N) is 5. The SMILES string of the molecule is Cc1cc(C)cc(C(=O)N2CCN(c3cc(Nc4cc(C)ccn4)nc(C)n3)CC2)c1. The number of amides is 1. The van der Waals surface area contributed by atoms with E-state index < -0.39 is 0 Å². The second kappa shape index (κ2) is 8.71. The number of anilines is 3. The molecule has 1 aromatic carbocycles. The molecule has 3 heterocycles. The molecule has 160 valence electrons. The van der Waals surface area contributed by atoms with Crippen LogP contribution in [0.25, 0.3) is 0 Å². The lowest BCUT2D eigenvalue weighted by Gasteiger charge is -2.35. The molecular formula is C24H28N6O. The first-order valence-electron chi connectivity index (χ1n) is 10.6. The first-order chi connectivity index (χ1) is 14.9. The van der Waals surface area contributed by atoms with E-state index in [4.69, 9.17) is 0 Å². The van der Waals surface area contributed by atoms with Crippen LogP contribution in [0.2, 0.25) is 0 Å². The second-order valence-electron chi connectivity index (χ2n) is 8.16. The van der Waals surface area contributed by atoms with Gasteiger partial charge in [0.05, 0.1) is 0 Å². The van der Waals surface area contributed by atoms with Crippen molar-refractivity contribution >= 4 is 23.4 Å². The average Bonchev–Trinajstić information content (AvgIpc) is 2.72. The Bertz CT molecular complexity index is 1080. The molecule has 0 atom stereocenters. The van der Waals surface area contributed by atoms with E-state index in [0.29, 0.717) is 24.7 Å². The third-order valence-corrected chi connectivity index (χ3v) is 5.36. The summed E-state index contributed by atoms with van der Waals surface area (Å²) < 4.78 is 0. The summed E-state index contributed by atoms with van der Waals surface area (Å²) in [4.78, 5) is 30.5. The molecule has 0 aliphatic carbocycles. The molecular weight excluding hydrogens is 388 g/mol. The minimum atomic E-state index is 0.0956. The largest absolute Gasteiger partial charge is 0.353 e. The Balaban J connectivity index is 1.45. The maximum Gasteiger partial charge on any atom is 0.253 e. The van der Waals surface area contributed by atoms with E-state index >= 15 is 0 Å². The summed E-state index contributed by atoms with van der Waals surface area (Å²) in [5.74, 6) is 3.13. The normalized spacial score (nSPS) is 13.9. The molecule has 2 aromatic heterocycles. The maximum atomic E-state index is 13.0. The number of nitrogens with one attached hydrogen (secondary N) is 1. The standard InChI is InChI=1S/C24H28N6O/c1-16-5-6-25-21(14-16)28-22-15-23(27-19(4)26-22)29-7-9-30(10-8-29)24(31)20-12-17(2)11-18(3)13-20/h5-6,11-15H,7-10H2,1-4H3,(H,25,26,27,28). The van der Waals surface area contributed by atoms with Crippen molar-refractivity contribution in [1.82, 2.24) is 19.9 Å². The number of aromatic nitrogens is 3. The fourth-order valence-corrected chi connectivity index (χ4v) is 3.93. The predicted molar refractivity (Wildman–Crippen MR) is 123 cm³/mol. The van der Waals surface area contributed by atoms with Crippen LogP contribution in [0.4, 0.5) is 17.5 Å². The van der Waals surface area contributed by atoms with E-state index in [1.807, 2.05) is 62.9 Å². The number of hydrogen-bond acceptors (Lipinski definition) is 6. The summed E-state index contributed by atoms with van der Waals surface area (Å²) in [5.41, 5.74) is 4.12. The van der Waals surface area contributed by atoms with Gasteiger partial charge < -0.3 is 15.1 Å². The number of carbonyl (C=O) groups excluding carboxylic acids is 1. The van der Waals surface area contributed by atoms with Gasteiger partial charge in [0, 0.05) is 44.0 Å². The van der Waals surface area contributed by atoms with Crippen LogP contribution >= 0.6 is 0 Å². The Morgan fingerprint density at radius 3 is 2.23 bits per heavy atom. The number of piperazine rings is 1. The van der Waals surface area contributed by atoms with E-state index in [9.17, 15) is 4.79 Å². The van der Waals surface area contributed by atoms with E-state index in [-0.39, 0.29) is 5.91 Å². The molecule has 1 amide bonds. The topological polar surface area (TPSA) is 74.2 Å². The fourth-order valence-electron chi connectivity index (χ4n) is 3.93. The van der Waals surface area contributed by atoms with Gasteiger partial charge in [-0.2, -0.15) is 0 Å². The number of rotatable bonds is 4. The highest BCUT2D eigenvalue weighted by molar-refractivity contribution is 5.94. The van der Waals surface area contributed by atoms with Crippen molar-refractivity contribution < 1.29 is 4.79 Å². The first-order valence-corrected chi connectivity index (χ1v) is 10.6. The molecule has 1 aliphatic rings. The summed E-state index contributed by atoms with van der Waals surface area (Å²) in [5, 5.41) is 3.27. The van der Waals surface area contributed by atoms with Gasteiger partial charge in [0.25, 0.3) is 5.91 Å². The van der Waals surface area contributed by atoms with Crippen LogP contribution in [-0.4, -0.2) is 51.9 Å². The molecule has 7 nitrogen and oxygen atoms in total. The molecule has 0 radical (unpaired) electrons. The minimum absolute atomic E-state index is 0.0956. The molecule has 31 heavy (non-hydrogen) atoms. The van der Waals surface area contributed by atoms with Crippen molar-refractivity contribution in [3.05, 3.63) is 70.7 Å². The van der Waals surface area contributed by atoms with Gasteiger partial charge in [-0.15, -0.1) is 0 Å². The summed E-state index contributed by atoms with van der Waals surface area (Å²) in [7, 11) is 0. The third-order valence-electron chi connectivity index (χ3n) is 5.36. The summed E-state index contributed by atoms with van der Waals surface area (Å²) in [6.07, 6.45) is 1.78. The third kappa shape index (κ3) is 4.99. The molecule has 1 saturated heterocycles. The number of benzene rings is 1. The fraction of sp³-hybridized carbons (Fsp3) is 0.333. The van der Waals surface area contributed by atoms with E-state index in [1.54, 1.807) is 6.20 Å². The zero-order chi connectivity index (χ0) is 22.0. The zero-order valence-electron chi connectivity index (χ0n) is 18.5. The summed E-state index contributed by atoms with van der Waals surface area (Å²) in [6, 6.07) is 11.9. The highest BCUT2D eigenvalue weighted by Crippen LogP contribution is 2.21. The number of carbonyl (C=O) groups is 1. The Hall–Kier alpha value is -3.48. The molecule has 1 aliphatic heterocycles. The van der Waals surface area contributed by atoms with E-state index in [1.165, 1.54) is 0 Å². The number of pyridine rings is 1. The molecule has 0 spiro atoms. The van der Waals surface area contributed by atoms with Gasteiger partial charge in [-0.1, -0.05) is 17.2 Å². The molecule has 0 saturated carbocycles. The molecule has 3 aromatic rings. The van der Waals surface area contributed by atoms with E-state index in [2.05, 4.69) is 31.2 Å². The van der Waals surface area contributed by atoms with Crippen molar-refractivity contribution in [3.8, 4) is 0 Å². The molecule has 0 unspecified atom stereocenters. The Kier molecular flexibility index (Phi) is 5.84. The smallest absolute Gasteiger partial charge is 0.253 e. The van der Waals surface area contributed by atoms with Crippen molar-refractivity contribution in [2.45, 2.75) is 27.7 Å². The molecule has 0 bridgehead atoms. The Morgan fingerprint density at radius 2 is 1.55 bits per heavy atom. The van der Waals surface area contributed by atoms with Crippen molar-refractivity contribution in [2.24, 2.45) is 0 Å². The lowest BCUT2D eigenvalue weighted by atomic mass is 10.1. The highest BCUT2D eigenvalue weighted by atomic mass is 16.2. The Labute approximate surface area is 183 Å². The summed E-state index contributed by atoms with van der Waals surface area (Å²) in [6.45, 7) is 10.8. The first kappa shape index (κ1) is 20.8. The van der Waals surface area contributed by atoms with E-state index in [0.717, 1.165) is 47.0 Å². The van der Waals surface area contributed by atoms with Gasteiger partial charge in [-0.05, 0) is 57.5 Å². The molecule has 7 heteroatoms. The van der Waals surface area contributed by atoms with Gasteiger partial charge >= 0.3 is 0 Å². The van der Waals surface area contributed by atoms with Gasteiger partial charge in [0.15, 0.2) is 0 Å². The lowest BCUT2D eigenvalue weighted by Crippen LogP contribution is -2.49. The number of aryl methyl sites for hydroxylation is 4. The van der Waals surface area contributed by atoms with Crippen molar-refractivity contribution in [1.29, 1.82) is 0 Å². The van der Waals surface area contributed by atoms with Crippen LogP contribution in [0, 0.1) is 27.7 Å². The van der Waals surface area contributed by atoms with Crippen molar-refractivity contribution in [3.63, 3.8) is 0 Å². The summed E-state index contributed by atoms with van der Waals surface area (Å²) >= 11 is 0. The Morgan fingerprint density at radius 1 is 0.839 bits per heavy atom. The van der Waals surface area contributed by atoms with Crippen LogP contribution in [0.1, 0.15) is 32.9 Å².